The zero-order chi connectivity index (χ0) is 23.2. The van der Waals surface area contributed by atoms with Gasteiger partial charge in [-0.25, -0.2) is 0 Å². The zero-order valence-corrected chi connectivity index (χ0v) is 20.3. The van der Waals surface area contributed by atoms with E-state index in [1.807, 2.05) is 37.3 Å². The first-order valence-corrected chi connectivity index (χ1v) is 14.4. The third kappa shape index (κ3) is 4.53. The van der Waals surface area contributed by atoms with Crippen molar-refractivity contribution in [2.24, 2.45) is 5.92 Å². The Balaban J connectivity index is 1.91. The van der Waals surface area contributed by atoms with Crippen LogP contribution in [0.15, 0.2) is 115 Å². The summed E-state index contributed by atoms with van der Waals surface area (Å²) in [7, 11) is 0. The fourth-order valence-corrected chi connectivity index (χ4v) is 10.4. The summed E-state index contributed by atoms with van der Waals surface area (Å²) in [5.41, 5.74) is 1.10. The summed E-state index contributed by atoms with van der Waals surface area (Å²) in [5.74, 6) is -2.81. The van der Waals surface area contributed by atoms with Gasteiger partial charge in [-0.1, -0.05) is 0 Å². The van der Waals surface area contributed by atoms with Crippen LogP contribution in [0, 0.1) is 17.2 Å². The molecule has 1 unspecified atom stereocenters. The minimum absolute atomic E-state index is 0.168. The molecule has 33 heavy (non-hydrogen) atoms. The SMILES string of the molecule is CC(C#N)COc1cccc(CP(Cl)(c2ccccc2)(c2ccccc2)c2ccccc2)c1. The summed E-state index contributed by atoms with van der Waals surface area (Å²) in [4.78, 5) is 0. The summed E-state index contributed by atoms with van der Waals surface area (Å²) in [6.45, 7) is 2.22. The Labute approximate surface area is 201 Å². The first-order valence-electron chi connectivity index (χ1n) is 11.1. The number of nitrogens with zero attached hydrogens (tertiary/aromatic N) is 1. The van der Waals surface area contributed by atoms with Gasteiger partial charge in [0.05, 0.1) is 0 Å². The maximum atomic E-state index is 9.09. The molecule has 2 nitrogen and oxygen atoms in total. The van der Waals surface area contributed by atoms with E-state index in [1.165, 1.54) is 0 Å². The van der Waals surface area contributed by atoms with Crippen LogP contribution in [0.5, 0.6) is 5.75 Å². The van der Waals surface area contributed by atoms with Gasteiger partial charge in [-0.2, -0.15) is 0 Å². The molecule has 0 aliphatic rings. The van der Waals surface area contributed by atoms with Crippen molar-refractivity contribution in [3.05, 3.63) is 121 Å². The Kier molecular flexibility index (Phi) is 6.85. The van der Waals surface area contributed by atoms with Gasteiger partial charge in [0.25, 0.3) is 0 Å². The van der Waals surface area contributed by atoms with Gasteiger partial charge in [0, 0.05) is 0 Å². The normalized spacial score (nSPS) is 13.3. The predicted octanol–water partition coefficient (Wildman–Crippen LogP) is 6.41. The van der Waals surface area contributed by atoms with E-state index in [4.69, 9.17) is 21.2 Å². The van der Waals surface area contributed by atoms with Crippen molar-refractivity contribution in [3.63, 3.8) is 0 Å². The second kappa shape index (κ2) is 9.80. The van der Waals surface area contributed by atoms with Crippen molar-refractivity contribution in [1.82, 2.24) is 0 Å². The van der Waals surface area contributed by atoms with E-state index in [1.54, 1.807) is 0 Å². The van der Waals surface area contributed by atoms with Gasteiger partial charge in [0.2, 0.25) is 0 Å². The molecular weight excluding hydrogens is 445 g/mol. The molecule has 1 atom stereocenters. The molecule has 4 heteroatoms. The Morgan fingerprint density at radius 1 is 0.758 bits per heavy atom. The summed E-state index contributed by atoms with van der Waals surface area (Å²) in [5, 5.41) is 12.5. The Morgan fingerprint density at radius 3 is 1.70 bits per heavy atom. The van der Waals surface area contributed by atoms with Gasteiger partial charge in [-0.3, -0.25) is 0 Å². The van der Waals surface area contributed by atoms with Gasteiger partial charge in [0.15, 0.2) is 0 Å². The molecule has 166 valence electrons. The van der Waals surface area contributed by atoms with Crippen LogP contribution in [0.1, 0.15) is 12.5 Å². The molecule has 0 aliphatic carbocycles. The number of ether oxygens (including phenoxy) is 1. The summed E-state index contributed by atoms with van der Waals surface area (Å²) >= 11 is 8.16. The van der Waals surface area contributed by atoms with Crippen LogP contribution in [0.25, 0.3) is 0 Å². The Bertz CT molecular complexity index is 1140. The minimum atomic E-state index is -3.39. The van der Waals surface area contributed by atoms with Crippen molar-refractivity contribution in [3.8, 4) is 11.8 Å². The van der Waals surface area contributed by atoms with Crippen LogP contribution in [0.3, 0.4) is 0 Å². The van der Waals surface area contributed by atoms with Crippen molar-refractivity contribution in [2.75, 3.05) is 6.61 Å². The third-order valence-corrected chi connectivity index (χ3v) is 13.2. The molecule has 0 N–H and O–H groups in total. The zero-order valence-electron chi connectivity index (χ0n) is 18.6. The summed E-state index contributed by atoms with van der Waals surface area (Å²) in [6.07, 6.45) is 0.649. The van der Waals surface area contributed by atoms with Crippen LogP contribution in [0.4, 0.5) is 0 Å². The molecular formula is C29H27ClNOP. The number of nitriles is 1. The first kappa shape index (κ1) is 23.1. The van der Waals surface area contributed by atoms with Crippen LogP contribution in [-0.4, -0.2) is 6.61 Å². The fraction of sp³-hybridized carbons (Fsp3) is 0.138. The molecule has 0 spiro atoms. The first-order chi connectivity index (χ1) is 16.0. The molecule has 0 heterocycles. The molecule has 0 fully saturated rings. The van der Waals surface area contributed by atoms with E-state index < -0.39 is 5.96 Å². The fourth-order valence-electron chi connectivity index (χ4n) is 4.27. The Hall–Kier alpha value is -3.11. The van der Waals surface area contributed by atoms with Gasteiger partial charge in [0.1, 0.15) is 0 Å². The van der Waals surface area contributed by atoms with E-state index in [0.29, 0.717) is 12.8 Å². The number of halogens is 1. The van der Waals surface area contributed by atoms with Gasteiger partial charge < -0.3 is 0 Å². The molecule has 4 aromatic rings. The van der Waals surface area contributed by atoms with Crippen molar-refractivity contribution in [1.29, 1.82) is 5.26 Å². The van der Waals surface area contributed by atoms with Crippen LogP contribution in [0.2, 0.25) is 0 Å². The molecule has 0 aliphatic heterocycles. The quantitative estimate of drug-likeness (QED) is 0.278. The Morgan fingerprint density at radius 2 is 1.24 bits per heavy atom. The second-order valence-corrected chi connectivity index (χ2v) is 14.8. The molecule has 0 radical (unpaired) electrons. The third-order valence-electron chi connectivity index (χ3n) is 5.98. The molecule has 4 rings (SSSR count). The van der Waals surface area contributed by atoms with Crippen LogP contribution >= 0.6 is 17.2 Å². The topological polar surface area (TPSA) is 33.0 Å². The standard InChI is InChI=1S/C29H27ClNOP/c1-24(21-31)22-32-26-13-11-12-25(20-26)23-33(30,27-14-5-2-6-15-27,28-16-7-3-8-17-28)29-18-9-4-10-19-29/h2-20,24H,22-23H2,1H3. The number of benzene rings is 4. The van der Waals surface area contributed by atoms with E-state index >= 15 is 0 Å². The molecule has 0 aromatic heterocycles. The van der Waals surface area contributed by atoms with E-state index in [2.05, 4.69) is 91.0 Å². The summed E-state index contributed by atoms with van der Waals surface area (Å²) in [6, 6.07) is 41.7. The van der Waals surface area contributed by atoms with E-state index in [9.17, 15) is 0 Å². The predicted molar refractivity (Wildman–Crippen MR) is 141 cm³/mol. The average Bonchev–Trinajstić information content (AvgIpc) is 2.89. The van der Waals surface area contributed by atoms with E-state index in [0.717, 1.165) is 27.2 Å². The van der Waals surface area contributed by atoms with Crippen molar-refractivity contribution >= 4 is 33.1 Å². The molecule has 0 bridgehead atoms. The maximum absolute atomic E-state index is 9.09. The van der Waals surface area contributed by atoms with Crippen molar-refractivity contribution in [2.45, 2.75) is 13.1 Å². The van der Waals surface area contributed by atoms with E-state index in [-0.39, 0.29) is 5.92 Å². The van der Waals surface area contributed by atoms with Gasteiger partial charge >= 0.3 is 201 Å². The molecule has 0 saturated carbocycles. The number of hydrogen-bond donors (Lipinski definition) is 0. The monoisotopic (exact) mass is 471 g/mol. The van der Waals surface area contributed by atoms with Gasteiger partial charge in [-0.05, 0) is 0 Å². The molecule has 4 aromatic carbocycles. The second-order valence-electron chi connectivity index (χ2n) is 8.34. The molecule has 0 saturated heterocycles. The average molecular weight is 472 g/mol. The van der Waals surface area contributed by atoms with Crippen LogP contribution in [-0.2, 0) is 6.16 Å². The van der Waals surface area contributed by atoms with Crippen molar-refractivity contribution < 1.29 is 4.74 Å². The van der Waals surface area contributed by atoms with Gasteiger partial charge in [-0.15, -0.1) is 0 Å². The molecule has 0 amide bonds. The number of rotatable bonds is 8. The summed E-state index contributed by atoms with van der Waals surface area (Å²) < 4.78 is 5.91. The number of hydrogen-bond acceptors (Lipinski definition) is 2. The van der Waals surface area contributed by atoms with Crippen LogP contribution < -0.4 is 20.7 Å².